The first-order valence-corrected chi connectivity index (χ1v) is 7.96. The van der Waals surface area contributed by atoms with Crippen molar-refractivity contribution >= 4 is 52.1 Å². The van der Waals surface area contributed by atoms with Crippen LogP contribution >= 0.6 is 34.8 Å². The Morgan fingerprint density at radius 3 is 2.35 bits per heavy atom. The summed E-state index contributed by atoms with van der Waals surface area (Å²) >= 11 is 18.2. The molecule has 2 aromatic rings. The Kier molecular flexibility index (Phi) is 4.48. The fraction of sp³-hybridized carbons (Fsp3) is 0.125. The smallest absolute Gasteiger partial charge is 0.265 e. The van der Waals surface area contributed by atoms with Crippen molar-refractivity contribution < 1.29 is 4.79 Å². The molecule has 7 heteroatoms. The van der Waals surface area contributed by atoms with Crippen molar-refractivity contribution in [2.45, 2.75) is 12.5 Å². The van der Waals surface area contributed by atoms with Gasteiger partial charge in [-0.15, -0.1) is 0 Å². The highest BCUT2D eigenvalue weighted by Gasteiger charge is 2.32. The van der Waals surface area contributed by atoms with E-state index in [4.69, 9.17) is 40.5 Å². The van der Waals surface area contributed by atoms with Gasteiger partial charge in [0, 0.05) is 16.5 Å². The van der Waals surface area contributed by atoms with E-state index in [9.17, 15) is 4.79 Å². The van der Waals surface area contributed by atoms with Crippen LogP contribution < -0.4 is 10.7 Å². The van der Waals surface area contributed by atoms with Crippen molar-refractivity contribution in [2.24, 2.45) is 10.8 Å². The van der Waals surface area contributed by atoms with Crippen molar-refractivity contribution in [2.75, 3.05) is 5.01 Å². The molecule has 0 spiro atoms. The molecule has 0 radical (unpaired) electrons. The molecule has 1 aliphatic rings. The molecule has 0 aromatic heterocycles. The Morgan fingerprint density at radius 1 is 1.09 bits per heavy atom. The molecule has 1 unspecified atom stereocenters. The Labute approximate surface area is 148 Å². The molecular formula is C16H12Cl3N3O. The second-order valence-corrected chi connectivity index (χ2v) is 6.40. The van der Waals surface area contributed by atoms with Gasteiger partial charge in [0.1, 0.15) is 5.71 Å². The van der Waals surface area contributed by atoms with E-state index in [1.807, 2.05) is 12.1 Å². The molecule has 1 aliphatic heterocycles. The number of rotatable bonds is 3. The molecular weight excluding hydrogens is 357 g/mol. The predicted octanol–water partition coefficient (Wildman–Crippen LogP) is 4.44. The maximum Gasteiger partial charge on any atom is 0.265 e. The lowest BCUT2D eigenvalue weighted by atomic mass is 10.0. The summed E-state index contributed by atoms with van der Waals surface area (Å²) < 4.78 is 0. The molecule has 3 rings (SSSR count). The van der Waals surface area contributed by atoms with E-state index in [1.165, 1.54) is 0 Å². The highest BCUT2D eigenvalue weighted by molar-refractivity contribution is 6.39. The van der Waals surface area contributed by atoms with Crippen LogP contribution in [-0.4, -0.2) is 11.6 Å². The minimum atomic E-state index is -0.545. The largest absolute Gasteiger partial charge is 0.364 e. The maximum absolute atomic E-state index is 11.5. The average Bonchev–Trinajstić information content (AvgIpc) is 2.93. The van der Waals surface area contributed by atoms with Crippen molar-refractivity contribution in [1.82, 2.24) is 0 Å². The summed E-state index contributed by atoms with van der Waals surface area (Å²) in [6.07, 6.45) is 0.399. The standard InChI is InChI=1S/C16H12Cl3N3O/c17-10-3-1-9(2-4-10)15-8-13(16(20)23)21-22(15)14-6-5-11(18)7-12(14)19/h1-7,15H,8H2,(H2,20,23). The van der Waals surface area contributed by atoms with Crippen LogP contribution in [0.3, 0.4) is 0 Å². The number of hydrogen-bond donors (Lipinski definition) is 1. The molecule has 2 aromatic carbocycles. The third-order valence-electron chi connectivity index (χ3n) is 3.61. The summed E-state index contributed by atoms with van der Waals surface area (Å²) in [5.41, 5.74) is 7.31. The first-order chi connectivity index (χ1) is 11.0. The number of anilines is 1. The number of hydrogen-bond acceptors (Lipinski definition) is 3. The molecule has 0 saturated carbocycles. The Hall–Kier alpha value is -1.75. The number of carbonyl (C=O) groups excluding carboxylic acids is 1. The third kappa shape index (κ3) is 3.29. The molecule has 0 aliphatic carbocycles. The summed E-state index contributed by atoms with van der Waals surface area (Å²) in [4.78, 5) is 11.5. The quantitative estimate of drug-likeness (QED) is 0.870. The van der Waals surface area contributed by atoms with Crippen LogP contribution in [0.25, 0.3) is 0 Å². The Bertz CT molecular complexity index is 790. The van der Waals surface area contributed by atoms with Gasteiger partial charge in [0.2, 0.25) is 0 Å². The molecule has 2 N–H and O–H groups in total. The summed E-state index contributed by atoms with van der Waals surface area (Å²) in [5.74, 6) is -0.545. The number of primary amides is 1. The van der Waals surface area contributed by atoms with Gasteiger partial charge >= 0.3 is 0 Å². The second-order valence-electron chi connectivity index (χ2n) is 5.12. The predicted molar refractivity (Wildman–Crippen MR) is 94.4 cm³/mol. The summed E-state index contributed by atoms with van der Waals surface area (Å²) in [7, 11) is 0. The molecule has 0 saturated heterocycles. The van der Waals surface area contributed by atoms with E-state index in [0.717, 1.165) is 5.56 Å². The number of amides is 1. The van der Waals surface area contributed by atoms with Crippen LogP contribution in [0.2, 0.25) is 15.1 Å². The van der Waals surface area contributed by atoms with E-state index in [0.29, 0.717) is 32.9 Å². The highest BCUT2D eigenvalue weighted by Crippen LogP contribution is 2.39. The lowest BCUT2D eigenvalue weighted by Crippen LogP contribution is -2.22. The van der Waals surface area contributed by atoms with Gasteiger partial charge in [-0.05, 0) is 35.9 Å². The first kappa shape index (κ1) is 16.1. The van der Waals surface area contributed by atoms with Gasteiger partial charge in [-0.25, -0.2) is 0 Å². The fourth-order valence-corrected chi connectivity index (χ4v) is 3.11. The van der Waals surface area contributed by atoms with E-state index >= 15 is 0 Å². The molecule has 4 nitrogen and oxygen atoms in total. The number of hydrazone groups is 1. The van der Waals surface area contributed by atoms with Crippen LogP contribution in [0.4, 0.5) is 5.69 Å². The van der Waals surface area contributed by atoms with Crippen molar-refractivity contribution in [3.8, 4) is 0 Å². The fourth-order valence-electron chi connectivity index (χ4n) is 2.49. The van der Waals surface area contributed by atoms with Gasteiger partial charge in [0.05, 0.1) is 16.8 Å². The van der Waals surface area contributed by atoms with E-state index in [1.54, 1.807) is 35.3 Å². The van der Waals surface area contributed by atoms with Crippen LogP contribution in [0.15, 0.2) is 47.6 Å². The molecule has 1 atom stereocenters. The van der Waals surface area contributed by atoms with Gasteiger partial charge in [0.25, 0.3) is 5.91 Å². The summed E-state index contributed by atoms with van der Waals surface area (Å²) in [6, 6.07) is 12.3. The normalized spacial score (nSPS) is 17.3. The van der Waals surface area contributed by atoms with Crippen molar-refractivity contribution in [1.29, 1.82) is 0 Å². The zero-order valence-corrected chi connectivity index (χ0v) is 14.1. The zero-order chi connectivity index (χ0) is 16.6. The molecule has 1 heterocycles. The Morgan fingerprint density at radius 2 is 1.74 bits per heavy atom. The topological polar surface area (TPSA) is 58.7 Å². The summed E-state index contributed by atoms with van der Waals surface area (Å²) in [5, 5.41) is 7.66. The molecule has 1 amide bonds. The highest BCUT2D eigenvalue weighted by atomic mass is 35.5. The first-order valence-electron chi connectivity index (χ1n) is 6.83. The maximum atomic E-state index is 11.5. The molecule has 23 heavy (non-hydrogen) atoms. The second kappa shape index (κ2) is 6.40. The Balaban J connectivity index is 2.04. The number of nitrogens with zero attached hydrogens (tertiary/aromatic N) is 2. The monoisotopic (exact) mass is 367 g/mol. The van der Waals surface area contributed by atoms with Gasteiger partial charge in [-0.3, -0.25) is 9.80 Å². The van der Waals surface area contributed by atoms with E-state index in [2.05, 4.69) is 5.10 Å². The average molecular weight is 369 g/mol. The number of benzene rings is 2. The van der Waals surface area contributed by atoms with E-state index in [-0.39, 0.29) is 6.04 Å². The van der Waals surface area contributed by atoms with Crippen LogP contribution in [0.1, 0.15) is 18.0 Å². The van der Waals surface area contributed by atoms with Gasteiger partial charge in [0.15, 0.2) is 0 Å². The SMILES string of the molecule is NC(=O)C1=NN(c2ccc(Cl)cc2Cl)C(c2ccc(Cl)cc2)C1. The lowest BCUT2D eigenvalue weighted by Gasteiger charge is -2.25. The van der Waals surface area contributed by atoms with Crippen LogP contribution in [0.5, 0.6) is 0 Å². The molecule has 118 valence electrons. The van der Waals surface area contributed by atoms with Crippen LogP contribution in [-0.2, 0) is 4.79 Å². The molecule has 0 fully saturated rings. The number of halogens is 3. The van der Waals surface area contributed by atoms with Crippen LogP contribution in [0, 0.1) is 0 Å². The summed E-state index contributed by atoms with van der Waals surface area (Å²) in [6.45, 7) is 0. The van der Waals surface area contributed by atoms with Gasteiger partial charge < -0.3 is 5.73 Å². The minimum absolute atomic E-state index is 0.187. The minimum Gasteiger partial charge on any atom is -0.364 e. The van der Waals surface area contributed by atoms with Gasteiger partial charge in [-0.1, -0.05) is 46.9 Å². The zero-order valence-electron chi connectivity index (χ0n) is 11.8. The molecule has 0 bridgehead atoms. The number of carbonyl (C=O) groups is 1. The van der Waals surface area contributed by atoms with E-state index < -0.39 is 5.91 Å². The lowest BCUT2D eigenvalue weighted by molar-refractivity contribution is -0.112. The third-order valence-corrected chi connectivity index (χ3v) is 4.40. The van der Waals surface area contributed by atoms with Crippen molar-refractivity contribution in [3.05, 3.63) is 63.1 Å². The van der Waals surface area contributed by atoms with Gasteiger partial charge in [-0.2, -0.15) is 5.10 Å². The van der Waals surface area contributed by atoms with Crippen molar-refractivity contribution in [3.63, 3.8) is 0 Å². The number of nitrogens with two attached hydrogens (primary N) is 1.